The van der Waals surface area contributed by atoms with Crippen LogP contribution in [-0.4, -0.2) is 29.7 Å². The van der Waals surface area contributed by atoms with E-state index in [2.05, 4.69) is 15.3 Å². The Balaban J connectivity index is 2.00. The zero-order valence-corrected chi connectivity index (χ0v) is 8.36. The molecule has 0 amide bonds. The van der Waals surface area contributed by atoms with Crippen LogP contribution in [-0.2, 0) is 6.42 Å². The van der Waals surface area contributed by atoms with Crippen molar-refractivity contribution in [1.82, 2.24) is 15.3 Å². The summed E-state index contributed by atoms with van der Waals surface area (Å²) in [5.74, 6) is 1.51. The average molecular weight is 193 g/mol. The van der Waals surface area contributed by atoms with E-state index in [0.29, 0.717) is 11.9 Å². The van der Waals surface area contributed by atoms with E-state index >= 15 is 0 Å². The quantitative estimate of drug-likeness (QED) is 0.770. The van der Waals surface area contributed by atoms with Gasteiger partial charge in [-0.1, -0.05) is 0 Å². The Morgan fingerprint density at radius 1 is 1.64 bits per heavy atom. The molecule has 2 heterocycles. The Bertz CT molecular complexity index is 297. The third kappa shape index (κ3) is 2.20. The molecule has 0 saturated carbocycles. The second-order valence-corrected chi connectivity index (χ2v) is 3.51. The third-order valence-electron chi connectivity index (χ3n) is 2.48. The van der Waals surface area contributed by atoms with E-state index in [1.54, 1.807) is 19.4 Å². The van der Waals surface area contributed by atoms with Crippen molar-refractivity contribution in [1.29, 1.82) is 0 Å². The monoisotopic (exact) mass is 193 g/mol. The molecular weight excluding hydrogens is 178 g/mol. The lowest BCUT2D eigenvalue weighted by Gasteiger charge is -2.08. The van der Waals surface area contributed by atoms with Crippen LogP contribution < -0.4 is 10.1 Å². The van der Waals surface area contributed by atoms with Crippen LogP contribution in [0, 0.1) is 0 Å². The van der Waals surface area contributed by atoms with Gasteiger partial charge in [0.15, 0.2) is 0 Å². The molecule has 0 radical (unpaired) electrons. The van der Waals surface area contributed by atoms with E-state index in [-0.39, 0.29) is 0 Å². The molecule has 1 saturated heterocycles. The molecule has 1 atom stereocenters. The molecule has 76 valence electrons. The second kappa shape index (κ2) is 4.37. The number of methoxy groups -OCH3 is 1. The van der Waals surface area contributed by atoms with Crippen molar-refractivity contribution in [2.24, 2.45) is 0 Å². The smallest absolute Gasteiger partial charge is 0.216 e. The lowest BCUT2D eigenvalue weighted by molar-refractivity contribution is 0.393. The summed E-state index contributed by atoms with van der Waals surface area (Å²) < 4.78 is 5.05. The van der Waals surface area contributed by atoms with Crippen LogP contribution in [0.2, 0.25) is 0 Å². The summed E-state index contributed by atoms with van der Waals surface area (Å²) in [6, 6.07) is 2.31. The molecule has 4 nitrogen and oxygen atoms in total. The van der Waals surface area contributed by atoms with Gasteiger partial charge in [0.2, 0.25) is 5.88 Å². The SMILES string of the molecule is COc1ccnc(CC2CCCN2)n1. The number of hydrogen-bond acceptors (Lipinski definition) is 4. The Morgan fingerprint density at radius 2 is 2.57 bits per heavy atom. The van der Waals surface area contributed by atoms with Gasteiger partial charge in [0.05, 0.1) is 7.11 Å². The minimum Gasteiger partial charge on any atom is -0.481 e. The molecule has 1 aliphatic rings. The molecular formula is C10H15N3O. The largest absolute Gasteiger partial charge is 0.481 e. The van der Waals surface area contributed by atoms with Gasteiger partial charge in [-0.2, -0.15) is 4.98 Å². The number of nitrogens with one attached hydrogen (secondary N) is 1. The highest BCUT2D eigenvalue weighted by Gasteiger charge is 2.15. The molecule has 0 spiro atoms. The van der Waals surface area contributed by atoms with Crippen molar-refractivity contribution in [2.75, 3.05) is 13.7 Å². The number of aromatic nitrogens is 2. The molecule has 2 rings (SSSR count). The molecule has 1 aliphatic heterocycles. The van der Waals surface area contributed by atoms with Gasteiger partial charge in [-0.15, -0.1) is 0 Å². The molecule has 1 fully saturated rings. The molecule has 0 bridgehead atoms. The van der Waals surface area contributed by atoms with Gasteiger partial charge in [-0.3, -0.25) is 0 Å². The van der Waals surface area contributed by atoms with Crippen molar-refractivity contribution >= 4 is 0 Å². The minimum atomic E-state index is 0.544. The van der Waals surface area contributed by atoms with Gasteiger partial charge in [-0.25, -0.2) is 4.98 Å². The summed E-state index contributed by atoms with van der Waals surface area (Å²) in [6.07, 6.45) is 5.13. The van der Waals surface area contributed by atoms with E-state index < -0.39 is 0 Å². The number of nitrogens with zero attached hydrogens (tertiary/aromatic N) is 2. The summed E-state index contributed by atoms with van der Waals surface area (Å²) in [5.41, 5.74) is 0. The predicted octanol–water partition coefficient (Wildman–Crippen LogP) is 0.780. The first-order valence-electron chi connectivity index (χ1n) is 4.98. The second-order valence-electron chi connectivity index (χ2n) is 3.51. The highest BCUT2D eigenvalue weighted by Crippen LogP contribution is 2.11. The van der Waals surface area contributed by atoms with Gasteiger partial charge in [-0.05, 0) is 19.4 Å². The van der Waals surface area contributed by atoms with Gasteiger partial charge < -0.3 is 10.1 Å². The van der Waals surface area contributed by atoms with Gasteiger partial charge >= 0.3 is 0 Å². The Hall–Kier alpha value is -1.16. The molecule has 0 aromatic carbocycles. The zero-order valence-electron chi connectivity index (χ0n) is 8.36. The highest BCUT2D eigenvalue weighted by atomic mass is 16.5. The first-order valence-corrected chi connectivity index (χ1v) is 4.98. The fourth-order valence-corrected chi connectivity index (χ4v) is 1.74. The van der Waals surface area contributed by atoms with Crippen molar-refractivity contribution in [3.05, 3.63) is 18.1 Å². The lowest BCUT2D eigenvalue weighted by Crippen LogP contribution is -2.24. The standard InChI is InChI=1S/C10H15N3O/c1-14-10-4-6-12-9(13-10)7-8-3-2-5-11-8/h4,6,8,11H,2-3,5,7H2,1H3. The van der Waals surface area contributed by atoms with E-state index in [1.807, 2.05) is 0 Å². The summed E-state index contributed by atoms with van der Waals surface area (Å²) in [5, 5.41) is 3.42. The summed E-state index contributed by atoms with van der Waals surface area (Å²) in [7, 11) is 1.62. The molecule has 1 N–H and O–H groups in total. The maximum atomic E-state index is 5.05. The van der Waals surface area contributed by atoms with Gasteiger partial charge in [0, 0.05) is 24.7 Å². The van der Waals surface area contributed by atoms with Crippen LogP contribution in [0.25, 0.3) is 0 Å². The molecule has 1 aromatic rings. The predicted molar refractivity (Wildman–Crippen MR) is 53.3 cm³/mol. The van der Waals surface area contributed by atoms with Crippen molar-refractivity contribution in [3.63, 3.8) is 0 Å². The van der Waals surface area contributed by atoms with Crippen LogP contribution >= 0.6 is 0 Å². The van der Waals surface area contributed by atoms with Crippen LogP contribution in [0.5, 0.6) is 5.88 Å². The topological polar surface area (TPSA) is 47.0 Å². The van der Waals surface area contributed by atoms with E-state index in [9.17, 15) is 0 Å². The molecule has 0 aliphatic carbocycles. The number of ether oxygens (including phenoxy) is 1. The van der Waals surface area contributed by atoms with Crippen LogP contribution in [0.1, 0.15) is 18.7 Å². The summed E-state index contributed by atoms with van der Waals surface area (Å²) >= 11 is 0. The molecule has 14 heavy (non-hydrogen) atoms. The fraction of sp³-hybridized carbons (Fsp3) is 0.600. The maximum Gasteiger partial charge on any atom is 0.216 e. The molecule has 1 unspecified atom stereocenters. The van der Waals surface area contributed by atoms with Crippen molar-refractivity contribution in [2.45, 2.75) is 25.3 Å². The van der Waals surface area contributed by atoms with Gasteiger partial charge in [0.1, 0.15) is 5.82 Å². The van der Waals surface area contributed by atoms with Crippen molar-refractivity contribution < 1.29 is 4.74 Å². The van der Waals surface area contributed by atoms with Gasteiger partial charge in [0.25, 0.3) is 0 Å². The normalized spacial score (nSPS) is 21.1. The Morgan fingerprint density at radius 3 is 3.29 bits per heavy atom. The first-order chi connectivity index (χ1) is 6.88. The van der Waals surface area contributed by atoms with E-state index in [0.717, 1.165) is 18.8 Å². The average Bonchev–Trinajstić information content (AvgIpc) is 2.71. The maximum absolute atomic E-state index is 5.05. The summed E-state index contributed by atoms with van der Waals surface area (Å²) in [4.78, 5) is 8.50. The number of hydrogen-bond donors (Lipinski definition) is 1. The van der Waals surface area contributed by atoms with Crippen LogP contribution in [0.4, 0.5) is 0 Å². The third-order valence-corrected chi connectivity index (χ3v) is 2.48. The highest BCUT2D eigenvalue weighted by molar-refractivity contribution is 5.09. The minimum absolute atomic E-state index is 0.544. The molecule has 1 aromatic heterocycles. The van der Waals surface area contributed by atoms with E-state index in [4.69, 9.17) is 4.74 Å². The Labute approximate surface area is 83.7 Å². The van der Waals surface area contributed by atoms with E-state index in [1.165, 1.54) is 12.8 Å². The van der Waals surface area contributed by atoms with Crippen LogP contribution in [0.15, 0.2) is 12.3 Å². The Kier molecular flexibility index (Phi) is 2.93. The van der Waals surface area contributed by atoms with Crippen LogP contribution in [0.3, 0.4) is 0 Å². The molecule has 4 heteroatoms. The lowest BCUT2D eigenvalue weighted by atomic mass is 10.1. The summed E-state index contributed by atoms with van der Waals surface area (Å²) in [6.45, 7) is 1.12. The zero-order chi connectivity index (χ0) is 9.80. The number of rotatable bonds is 3. The fourth-order valence-electron chi connectivity index (χ4n) is 1.74. The first kappa shape index (κ1) is 9.40. The van der Waals surface area contributed by atoms with Crippen molar-refractivity contribution in [3.8, 4) is 5.88 Å².